The number of hydrogen-bond acceptors (Lipinski definition) is 5. The van der Waals surface area contributed by atoms with Crippen molar-refractivity contribution in [2.45, 2.75) is 44.7 Å². The maximum Gasteiger partial charge on any atom is 0.256 e. The Kier molecular flexibility index (Phi) is 5.32. The molecule has 0 aliphatic rings. The minimum absolute atomic E-state index is 0.185. The number of benzene rings is 1. The lowest BCUT2D eigenvalue weighted by atomic mass is 10.1. The molecule has 1 aromatic carbocycles. The molecule has 26 heavy (non-hydrogen) atoms. The molecular weight excluding hydrogens is 346 g/mol. The predicted molar refractivity (Wildman–Crippen MR) is 105 cm³/mol. The summed E-state index contributed by atoms with van der Waals surface area (Å²) in [5.74, 6) is 1.51. The average molecular weight is 369 g/mol. The number of furan rings is 1. The Morgan fingerprint density at radius 2 is 1.92 bits per heavy atom. The summed E-state index contributed by atoms with van der Waals surface area (Å²) in [6.07, 6.45) is 1.92. The molecule has 0 fully saturated rings. The average Bonchev–Trinajstić information content (AvgIpc) is 3.04. The number of para-hydroxylation sites is 1. The van der Waals surface area contributed by atoms with E-state index in [2.05, 4.69) is 15.3 Å². The number of fused-ring (bicyclic) bond motifs is 1. The van der Waals surface area contributed by atoms with E-state index in [1.807, 2.05) is 64.3 Å². The van der Waals surface area contributed by atoms with Crippen LogP contribution in [0.1, 0.15) is 60.4 Å². The van der Waals surface area contributed by atoms with Crippen LogP contribution in [0.5, 0.6) is 0 Å². The number of aromatic nitrogens is 2. The van der Waals surface area contributed by atoms with E-state index in [9.17, 15) is 4.79 Å². The van der Waals surface area contributed by atoms with Crippen molar-refractivity contribution in [1.29, 1.82) is 0 Å². The lowest BCUT2D eigenvalue weighted by Gasteiger charge is -2.16. The van der Waals surface area contributed by atoms with Crippen LogP contribution < -0.4 is 5.32 Å². The van der Waals surface area contributed by atoms with Crippen molar-refractivity contribution in [1.82, 2.24) is 15.3 Å². The Morgan fingerprint density at radius 1 is 1.19 bits per heavy atom. The van der Waals surface area contributed by atoms with Crippen molar-refractivity contribution < 1.29 is 9.21 Å². The molecule has 3 aromatic rings. The Balaban J connectivity index is 1.87. The third-order valence-corrected chi connectivity index (χ3v) is 4.91. The Bertz CT molecular complexity index is 916. The van der Waals surface area contributed by atoms with E-state index in [1.54, 1.807) is 0 Å². The van der Waals surface area contributed by atoms with Gasteiger partial charge < -0.3 is 9.73 Å². The maximum atomic E-state index is 12.9. The number of amides is 1. The zero-order valence-electron chi connectivity index (χ0n) is 15.7. The van der Waals surface area contributed by atoms with Gasteiger partial charge in [0, 0.05) is 11.3 Å². The fraction of sp³-hybridized carbons (Fsp3) is 0.350. The molecule has 1 atom stereocenters. The molecule has 5 nitrogen and oxygen atoms in total. The summed E-state index contributed by atoms with van der Waals surface area (Å²) in [5.41, 5.74) is 2.04. The van der Waals surface area contributed by atoms with Gasteiger partial charge in [-0.05, 0) is 32.2 Å². The van der Waals surface area contributed by atoms with Gasteiger partial charge in [0.15, 0.2) is 0 Å². The second kappa shape index (κ2) is 7.50. The van der Waals surface area contributed by atoms with Gasteiger partial charge in [0.2, 0.25) is 0 Å². The van der Waals surface area contributed by atoms with E-state index in [4.69, 9.17) is 4.42 Å². The van der Waals surface area contributed by atoms with Crippen molar-refractivity contribution >= 4 is 28.6 Å². The van der Waals surface area contributed by atoms with Crippen molar-refractivity contribution in [3.8, 4) is 0 Å². The zero-order chi connectivity index (χ0) is 18.8. The minimum Gasteiger partial charge on any atom is -0.459 e. The number of thioether (sulfide) groups is 1. The highest BCUT2D eigenvalue weighted by molar-refractivity contribution is 7.98. The van der Waals surface area contributed by atoms with Gasteiger partial charge in [-0.3, -0.25) is 4.79 Å². The second-order valence-corrected chi connectivity index (χ2v) is 7.38. The maximum absolute atomic E-state index is 12.9. The predicted octanol–water partition coefficient (Wildman–Crippen LogP) is 4.87. The molecule has 0 aliphatic carbocycles. The number of aryl methyl sites for hydroxylation is 1. The first-order chi connectivity index (χ1) is 12.4. The highest BCUT2D eigenvalue weighted by atomic mass is 32.2. The highest BCUT2D eigenvalue weighted by Gasteiger charge is 2.22. The first-order valence-electron chi connectivity index (χ1n) is 8.62. The van der Waals surface area contributed by atoms with Crippen LogP contribution in [0, 0.1) is 6.92 Å². The molecule has 2 heterocycles. The molecule has 136 valence electrons. The van der Waals surface area contributed by atoms with Crippen LogP contribution in [-0.4, -0.2) is 22.1 Å². The van der Waals surface area contributed by atoms with Gasteiger partial charge in [-0.25, -0.2) is 9.97 Å². The van der Waals surface area contributed by atoms with E-state index in [-0.39, 0.29) is 17.9 Å². The molecular formula is C20H23N3O2S. The third kappa shape index (κ3) is 3.60. The summed E-state index contributed by atoms with van der Waals surface area (Å²) in [6.45, 7) is 7.85. The fourth-order valence-electron chi connectivity index (χ4n) is 2.79. The SMILES string of the molecule is CSc1nc(C(C)C)nc(C)c1C(=O)NC(C)c1cc2ccccc2o1. The molecule has 2 aromatic heterocycles. The van der Waals surface area contributed by atoms with Gasteiger partial charge in [-0.1, -0.05) is 32.0 Å². The van der Waals surface area contributed by atoms with Gasteiger partial charge >= 0.3 is 0 Å². The third-order valence-electron chi connectivity index (χ3n) is 4.23. The molecule has 0 radical (unpaired) electrons. The van der Waals surface area contributed by atoms with Crippen molar-refractivity contribution in [2.75, 3.05) is 6.26 Å². The summed E-state index contributed by atoms with van der Waals surface area (Å²) in [6, 6.07) is 9.51. The van der Waals surface area contributed by atoms with E-state index in [1.165, 1.54) is 11.8 Å². The van der Waals surface area contributed by atoms with E-state index in [0.29, 0.717) is 16.3 Å². The smallest absolute Gasteiger partial charge is 0.256 e. The van der Waals surface area contributed by atoms with Crippen molar-refractivity contribution in [3.63, 3.8) is 0 Å². The molecule has 0 saturated heterocycles. The number of nitrogens with zero attached hydrogens (tertiary/aromatic N) is 2. The van der Waals surface area contributed by atoms with E-state index in [0.717, 1.165) is 22.6 Å². The zero-order valence-corrected chi connectivity index (χ0v) is 16.5. The Hall–Kier alpha value is -2.34. The largest absolute Gasteiger partial charge is 0.459 e. The lowest BCUT2D eigenvalue weighted by Crippen LogP contribution is -2.28. The summed E-state index contributed by atoms with van der Waals surface area (Å²) < 4.78 is 5.85. The molecule has 1 unspecified atom stereocenters. The molecule has 0 aliphatic heterocycles. The van der Waals surface area contributed by atoms with Gasteiger partial charge in [0.05, 0.1) is 17.3 Å². The van der Waals surface area contributed by atoms with Crippen LogP contribution in [0.15, 0.2) is 39.8 Å². The number of rotatable bonds is 5. The highest BCUT2D eigenvalue weighted by Crippen LogP contribution is 2.26. The molecule has 0 saturated carbocycles. The molecule has 6 heteroatoms. The summed E-state index contributed by atoms with van der Waals surface area (Å²) in [4.78, 5) is 21.9. The van der Waals surface area contributed by atoms with Gasteiger partial charge in [0.25, 0.3) is 5.91 Å². The van der Waals surface area contributed by atoms with E-state index >= 15 is 0 Å². The Labute approximate surface area is 157 Å². The summed E-state index contributed by atoms with van der Waals surface area (Å²) in [7, 11) is 0. The van der Waals surface area contributed by atoms with Crippen molar-refractivity contribution in [3.05, 3.63) is 53.2 Å². The first kappa shape index (κ1) is 18.5. The molecule has 3 rings (SSSR count). The quantitative estimate of drug-likeness (QED) is 0.513. The monoisotopic (exact) mass is 369 g/mol. The van der Waals surface area contributed by atoms with Gasteiger partial charge in [0.1, 0.15) is 22.2 Å². The number of carbonyl (C=O) groups excluding carboxylic acids is 1. The fourth-order valence-corrected chi connectivity index (χ4v) is 3.42. The summed E-state index contributed by atoms with van der Waals surface area (Å²) >= 11 is 1.46. The van der Waals surface area contributed by atoms with Crippen LogP contribution in [-0.2, 0) is 0 Å². The molecule has 0 bridgehead atoms. The van der Waals surface area contributed by atoms with Crippen LogP contribution in [0.25, 0.3) is 11.0 Å². The van der Waals surface area contributed by atoms with Gasteiger partial charge in [-0.2, -0.15) is 0 Å². The van der Waals surface area contributed by atoms with Crippen LogP contribution in [0.3, 0.4) is 0 Å². The molecule has 1 N–H and O–H groups in total. The normalized spacial score (nSPS) is 12.5. The van der Waals surface area contributed by atoms with Crippen molar-refractivity contribution in [2.24, 2.45) is 0 Å². The number of nitrogens with one attached hydrogen (secondary N) is 1. The van der Waals surface area contributed by atoms with Crippen LogP contribution in [0.2, 0.25) is 0 Å². The Morgan fingerprint density at radius 3 is 2.58 bits per heavy atom. The number of hydrogen-bond donors (Lipinski definition) is 1. The molecule has 1 amide bonds. The van der Waals surface area contributed by atoms with E-state index < -0.39 is 0 Å². The first-order valence-corrected chi connectivity index (χ1v) is 9.85. The van der Waals surface area contributed by atoms with Crippen LogP contribution >= 0.6 is 11.8 Å². The molecule has 0 spiro atoms. The summed E-state index contributed by atoms with van der Waals surface area (Å²) in [5, 5.41) is 4.74. The minimum atomic E-state index is -0.256. The topological polar surface area (TPSA) is 68.0 Å². The van der Waals surface area contributed by atoms with Gasteiger partial charge in [-0.15, -0.1) is 11.8 Å². The van der Waals surface area contributed by atoms with Crippen LogP contribution in [0.4, 0.5) is 0 Å². The number of carbonyl (C=O) groups is 1. The lowest BCUT2D eigenvalue weighted by molar-refractivity contribution is 0.0930. The second-order valence-electron chi connectivity index (χ2n) is 6.59. The standard InChI is InChI=1S/C20H23N3O2S/c1-11(2)18-21-13(4)17(20(23-18)26-5)19(24)22-12(3)16-10-14-8-6-7-9-15(14)25-16/h6-12H,1-5H3,(H,22,24).